The van der Waals surface area contributed by atoms with Crippen LogP contribution < -0.4 is 5.73 Å². The van der Waals surface area contributed by atoms with Gasteiger partial charge in [-0.2, -0.15) is 8.62 Å². The summed E-state index contributed by atoms with van der Waals surface area (Å²) in [7, 11) is -17.2. The molecule has 2 aromatic heterocycles. The number of hydrogen-bond donors (Lipinski definition) is 7. The highest BCUT2D eigenvalue weighted by molar-refractivity contribution is 7.66. The number of aliphatic hydroxyl groups is 2. The topological polar surface area (TPSA) is 313 Å². The first-order valence-corrected chi connectivity index (χ1v) is 13.2. The highest BCUT2D eigenvalue weighted by atomic mass is 31.3. The summed E-state index contributed by atoms with van der Waals surface area (Å²) in [6, 6.07) is 0. The van der Waals surface area contributed by atoms with E-state index in [1.807, 2.05) is 0 Å². The third-order valence-electron chi connectivity index (χ3n) is 4.61. The number of ether oxygens (including phenoxy) is 1. The van der Waals surface area contributed by atoms with Crippen molar-refractivity contribution in [3.8, 4) is 0 Å². The number of carbonyl (C=O) groups excluding carboxylic acids is 2. The predicted octanol–water partition coefficient (Wildman–Crippen LogP) is -2.49. The van der Waals surface area contributed by atoms with E-state index in [4.69, 9.17) is 20.3 Å². The van der Waals surface area contributed by atoms with Crippen molar-refractivity contribution < 1.29 is 71.0 Å². The van der Waals surface area contributed by atoms with E-state index < -0.39 is 53.6 Å². The zero-order chi connectivity index (χ0) is 26.4. The quantitative estimate of drug-likeness (QED) is 0.116. The monoisotopic (exact) mass is 563 g/mol. The summed E-state index contributed by atoms with van der Waals surface area (Å²) in [6.45, 7) is -1.37. The molecule has 1 aliphatic heterocycles. The van der Waals surface area contributed by atoms with Gasteiger partial charge in [-0.1, -0.05) is 0 Å². The summed E-state index contributed by atoms with van der Waals surface area (Å²) in [5.74, 6) is -0.115. The number of rotatable bonds is 10. The first-order chi connectivity index (χ1) is 16.0. The Bertz CT molecular complexity index is 1300. The van der Waals surface area contributed by atoms with Gasteiger partial charge in [0, 0.05) is 0 Å². The van der Waals surface area contributed by atoms with Gasteiger partial charge in [0.05, 0.1) is 12.9 Å². The van der Waals surface area contributed by atoms with Gasteiger partial charge in [-0.25, -0.2) is 28.6 Å². The first-order valence-electron chi connectivity index (χ1n) is 8.73. The molecule has 2 aromatic rings. The first kappa shape index (κ1) is 27.6. The largest absolute Gasteiger partial charge is 0.490 e. The summed E-state index contributed by atoms with van der Waals surface area (Å²) in [6.07, 6.45) is -2.71. The lowest BCUT2D eigenvalue weighted by Crippen LogP contribution is -2.61. The molecule has 0 amide bonds. The highest BCUT2D eigenvalue weighted by Crippen LogP contribution is 2.66. The van der Waals surface area contributed by atoms with Gasteiger partial charge in [0.2, 0.25) is 5.60 Å². The van der Waals surface area contributed by atoms with Gasteiger partial charge in [0.1, 0.15) is 17.9 Å². The minimum absolute atomic E-state index is 0.0179. The Morgan fingerprint density at radius 1 is 1.03 bits per heavy atom. The van der Waals surface area contributed by atoms with Gasteiger partial charge < -0.3 is 40.3 Å². The van der Waals surface area contributed by atoms with E-state index >= 15 is 0 Å². The minimum atomic E-state index is -5.87. The maximum atomic E-state index is 12.0. The Morgan fingerprint density at radius 2 is 1.66 bits per heavy atom. The molecule has 20 nitrogen and oxygen atoms in total. The van der Waals surface area contributed by atoms with Crippen molar-refractivity contribution in [1.82, 2.24) is 19.5 Å². The molecular formula is C12H16N5O15P3. The third-order valence-corrected chi connectivity index (χ3v) is 8.41. The van der Waals surface area contributed by atoms with Crippen molar-refractivity contribution in [2.75, 3.05) is 12.3 Å². The van der Waals surface area contributed by atoms with Crippen molar-refractivity contribution >= 4 is 53.0 Å². The molecular weight excluding hydrogens is 547 g/mol. The normalized spacial score (nSPS) is 30.6. The maximum absolute atomic E-state index is 12.0. The number of carbonyl (C=O) groups is 2. The van der Waals surface area contributed by atoms with Crippen LogP contribution in [0.2, 0.25) is 0 Å². The van der Waals surface area contributed by atoms with Crippen LogP contribution in [-0.2, 0) is 41.2 Å². The van der Waals surface area contributed by atoms with Gasteiger partial charge in [-0.3, -0.25) is 18.7 Å². The van der Waals surface area contributed by atoms with E-state index in [0.717, 1.165) is 17.2 Å². The Morgan fingerprint density at radius 3 is 2.23 bits per heavy atom. The van der Waals surface area contributed by atoms with Crippen LogP contribution in [0, 0.1) is 0 Å². The summed E-state index contributed by atoms with van der Waals surface area (Å²) < 4.78 is 51.7. The Kier molecular flexibility index (Phi) is 7.19. The molecule has 2 unspecified atom stereocenters. The van der Waals surface area contributed by atoms with Gasteiger partial charge in [-0.05, 0) is 0 Å². The van der Waals surface area contributed by atoms with Crippen molar-refractivity contribution in [2.24, 2.45) is 0 Å². The predicted molar refractivity (Wildman–Crippen MR) is 105 cm³/mol. The van der Waals surface area contributed by atoms with Crippen LogP contribution >= 0.6 is 23.5 Å². The number of phosphoric ester groups is 1. The molecule has 35 heavy (non-hydrogen) atoms. The Hall–Kier alpha value is -2.02. The summed E-state index contributed by atoms with van der Waals surface area (Å²) in [4.78, 5) is 70.8. The summed E-state index contributed by atoms with van der Waals surface area (Å²) in [5.41, 5.74) is -0.710. The third kappa shape index (κ3) is 5.25. The lowest BCUT2D eigenvalue weighted by atomic mass is 9.82. The molecule has 0 aromatic carbocycles. The average molecular weight is 563 g/mol. The summed E-state index contributed by atoms with van der Waals surface area (Å²) >= 11 is 0. The fraction of sp³-hybridized carbons (Fsp3) is 0.417. The number of nitrogens with two attached hydrogens (primary N) is 1. The van der Waals surface area contributed by atoms with Gasteiger partial charge in [-0.15, -0.1) is 0 Å². The zero-order valence-electron chi connectivity index (χ0n) is 16.7. The molecule has 0 saturated carbocycles. The van der Waals surface area contributed by atoms with Crippen LogP contribution in [0.3, 0.4) is 0 Å². The number of phosphoric acid groups is 3. The SMILES string of the molecule is Nc1ncnc2c1ncn2[C@@H]1O[C@H](COP(=O)(O)OP(=O)(O)OP(=O)(O)O)[C@](O)(C=O)[C@]1(O)C=O. The number of fused-ring (bicyclic) bond motifs is 1. The van der Waals surface area contributed by atoms with E-state index in [1.54, 1.807) is 0 Å². The lowest BCUT2D eigenvalue weighted by Gasteiger charge is -2.32. The van der Waals surface area contributed by atoms with E-state index in [2.05, 4.69) is 28.1 Å². The van der Waals surface area contributed by atoms with Crippen LogP contribution in [0.1, 0.15) is 6.23 Å². The second-order valence-electron chi connectivity index (χ2n) is 6.83. The minimum Gasteiger partial charge on any atom is -0.382 e. The Labute approximate surface area is 192 Å². The molecule has 3 rings (SSSR count). The number of hydrogen-bond acceptors (Lipinski definition) is 15. The molecule has 0 aliphatic carbocycles. The van der Waals surface area contributed by atoms with Crippen LogP contribution in [0.5, 0.6) is 0 Å². The molecule has 1 aliphatic rings. The molecule has 194 valence electrons. The number of anilines is 1. The molecule has 0 spiro atoms. The van der Waals surface area contributed by atoms with Crippen molar-refractivity contribution in [1.29, 1.82) is 0 Å². The van der Waals surface area contributed by atoms with E-state index in [9.17, 15) is 43.3 Å². The second kappa shape index (κ2) is 9.13. The van der Waals surface area contributed by atoms with E-state index in [-0.39, 0.29) is 29.6 Å². The fourth-order valence-corrected chi connectivity index (χ4v) is 6.11. The molecule has 6 atom stereocenters. The van der Waals surface area contributed by atoms with Crippen LogP contribution in [0.15, 0.2) is 12.7 Å². The molecule has 1 fully saturated rings. The number of aldehydes is 2. The van der Waals surface area contributed by atoms with Crippen LogP contribution in [0.25, 0.3) is 11.2 Å². The molecule has 0 bridgehead atoms. The number of aromatic nitrogens is 4. The second-order valence-corrected chi connectivity index (χ2v) is 11.3. The van der Waals surface area contributed by atoms with Gasteiger partial charge in [0.15, 0.2) is 35.9 Å². The van der Waals surface area contributed by atoms with E-state index in [1.165, 1.54) is 0 Å². The van der Waals surface area contributed by atoms with Crippen LogP contribution in [0.4, 0.5) is 5.82 Å². The highest BCUT2D eigenvalue weighted by Gasteiger charge is 2.68. The average Bonchev–Trinajstić information content (AvgIpc) is 3.23. The molecule has 1 saturated heterocycles. The fourth-order valence-electron chi connectivity index (χ4n) is 3.09. The molecule has 0 radical (unpaired) electrons. The number of nitrogens with zero attached hydrogens (tertiary/aromatic N) is 4. The van der Waals surface area contributed by atoms with Crippen molar-refractivity contribution in [3.05, 3.63) is 12.7 Å². The zero-order valence-corrected chi connectivity index (χ0v) is 19.4. The van der Waals surface area contributed by atoms with Crippen LogP contribution in [-0.4, -0.2) is 85.8 Å². The van der Waals surface area contributed by atoms with E-state index in [0.29, 0.717) is 0 Å². The molecule has 3 heterocycles. The standard InChI is InChI=1S/C12H16N5O15P3/c13-8-7-9(15-4-14-8)17(5-16-7)10-12(21,3-19)11(20,2-18)6(30-10)1-29-34(25,26)32-35(27,28)31-33(22,23)24/h2-6,10,20-21H,1H2,(H,25,26)(H,27,28)(H2,13,14,15)(H2,22,23,24)/t6-,10-,11-,12+/m1/s1. The Balaban J connectivity index is 1.90. The lowest BCUT2D eigenvalue weighted by molar-refractivity contribution is -0.168. The van der Waals surface area contributed by atoms with Gasteiger partial charge in [0.25, 0.3) is 0 Å². The van der Waals surface area contributed by atoms with Crippen molar-refractivity contribution in [2.45, 2.75) is 23.5 Å². The molecule has 8 N–H and O–H groups in total. The van der Waals surface area contributed by atoms with Crippen molar-refractivity contribution in [3.63, 3.8) is 0 Å². The maximum Gasteiger partial charge on any atom is 0.490 e. The number of nitrogen functional groups attached to an aromatic ring is 1. The number of imidazole rings is 1. The summed E-state index contributed by atoms with van der Waals surface area (Å²) in [5, 5.41) is 21.7. The smallest absolute Gasteiger partial charge is 0.382 e. The molecule has 23 heteroatoms. The van der Waals surface area contributed by atoms with Gasteiger partial charge >= 0.3 is 23.5 Å².